The Morgan fingerprint density at radius 2 is 1.95 bits per heavy atom. The van der Waals surface area contributed by atoms with Crippen LogP contribution in [-0.2, 0) is 10.0 Å². The second kappa shape index (κ2) is 6.00. The third-order valence-electron chi connectivity index (χ3n) is 3.16. The van der Waals surface area contributed by atoms with Crippen LogP contribution >= 0.6 is 12.2 Å². The van der Waals surface area contributed by atoms with E-state index >= 15 is 0 Å². The van der Waals surface area contributed by atoms with Gasteiger partial charge in [0, 0.05) is 33.2 Å². The lowest BCUT2D eigenvalue weighted by atomic mass is 10.4. The van der Waals surface area contributed by atoms with Crippen LogP contribution in [0.3, 0.4) is 0 Å². The molecule has 1 aromatic rings. The summed E-state index contributed by atoms with van der Waals surface area (Å²) in [4.78, 5) is 12.8. The Kier molecular flexibility index (Phi) is 4.49. The number of amides is 1. The SMILES string of the molecule is CNC(=S)N1CCN(S(=O)(=O)c2ccc(C(N)=O)o2)CC1. The van der Waals surface area contributed by atoms with E-state index in [0.29, 0.717) is 18.2 Å². The topological polar surface area (TPSA) is 109 Å². The number of nitrogens with zero attached hydrogens (tertiary/aromatic N) is 2. The zero-order valence-corrected chi connectivity index (χ0v) is 13.0. The number of primary amides is 1. The zero-order valence-electron chi connectivity index (χ0n) is 11.4. The van der Waals surface area contributed by atoms with Crippen LogP contribution in [0.4, 0.5) is 0 Å². The van der Waals surface area contributed by atoms with Gasteiger partial charge in [-0.15, -0.1) is 0 Å². The van der Waals surface area contributed by atoms with Crippen molar-refractivity contribution in [3.05, 3.63) is 17.9 Å². The van der Waals surface area contributed by atoms with Crippen molar-refractivity contribution >= 4 is 33.3 Å². The molecule has 3 N–H and O–H groups in total. The molecule has 0 spiro atoms. The van der Waals surface area contributed by atoms with Crippen molar-refractivity contribution in [1.29, 1.82) is 0 Å². The van der Waals surface area contributed by atoms with Crippen molar-refractivity contribution in [2.24, 2.45) is 5.73 Å². The van der Waals surface area contributed by atoms with Gasteiger partial charge in [-0.1, -0.05) is 0 Å². The Labute approximate surface area is 127 Å². The Hall–Kier alpha value is -1.65. The minimum atomic E-state index is -3.76. The van der Waals surface area contributed by atoms with E-state index in [1.807, 2.05) is 4.90 Å². The lowest BCUT2D eigenvalue weighted by Gasteiger charge is -2.34. The molecule has 1 saturated heterocycles. The number of nitrogens with one attached hydrogen (secondary N) is 1. The quantitative estimate of drug-likeness (QED) is 0.697. The van der Waals surface area contributed by atoms with E-state index in [2.05, 4.69) is 5.32 Å². The molecule has 116 valence electrons. The summed E-state index contributed by atoms with van der Waals surface area (Å²) in [6.45, 7) is 1.55. The molecule has 10 heteroatoms. The smallest absolute Gasteiger partial charge is 0.284 e. The summed E-state index contributed by atoms with van der Waals surface area (Å²) in [6, 6.07) is 2.49. The van der Waals surface area contributed by atoms with Gasteiger partial charge in [0.2, 0.25) is 5.09 Å². The number of thiocarbonyl (C=S) groups is 1. The van der Waals surface area contributed by atoms with Crippen LogP contribution in [0.15, 0.2) is 21.6 Å². The number of carbonyl (C=O) groups excluding carboxylic acids is 1. The van der Waals surface area contributed by atoms with Crippen LogP contribution in [0.5, 0.6) is 0 Å². The minimum absolute atomic E-state index is 0.177. The molecule has 0 radical (unpaired) electrons. The number of hydrogen-bond donors (Lipinski definition) is 2. The zero-order chi connectivity index (χ0) is 15.6. The molecule has 21 heavy (non-hydrogen) atoms. The summed E-state index contributed by atoms with van der Waals surface area (Å²) < 4.78 is 31.1. The number of rotatable bonds is 3. The number of nitrogens with two attached hydrogens (primary N) is 1. The van der Waals surface area contributed by atoms with Crippen molar-refractivity contribution in [2.75, 3.05) is 33.2 Å². The Morgan fingerprint density at radius 1 is 1.33 bits per heavy atom. The molecule has 1 amide bonds. The first-order chi connectivity index (χ1) is 9.86. The molecule has 2 rings (SSSR count). The first-order valence-corrected chi connectivity index (χ1v) is 8.07. The number of hydrogen-bond acceptors (Lipinski definition) is 5. The van der Waals surface area contributed by atoms with Gasteiger partial charge in [0.1, 0.15) is 0 Å². The summed E-state index contributed by atoms with van der Waals surface area (Å²) in [5, 5.41) is 3.16. The van der Waals surface area contributed by atoms with Gasteiger partial charge in [-0.05, 0) is 24.4 Å². The van der Waals surface area contributed by atoms with Gasteiger partial charge >= 0.3 is 0 Å². The second-order valence-corrected chi connectivity index (χ2v) is 6.68. The molecule has 0 unspecified atom stereocenters. The predicted octanol–water partition coefficient (Wildman–Crippen LogP) is -0.811. The normalized spacial score (nSPS) is 16.7. The molecule has 0 atom stereocenters. The molecule has 1 aromatic heterocycles. The van der Waals surface area contributed by atoms with Crippen LogP contribution in [-0.4, -0.2) is 61.9 Å². The maximum atomic E-state index is 12.4. The van der Waals surface area contributed by atoms with Gasteiger partial charge in [0.05, 0.1) is 0 Å². The van der Waals surface area contributed by atoms with Gasteiger partial charge in [-0.25, -0.2) is 8.42 Å². The summed E-state index contributed by atoms with van der Waals surface area (Å²) >= 11 is 5.11. The van der Waals surface area contributed by atoms with Crippen LogP contribution in [0.1, 0.15) is 10.6 Å². The van der Waals surface area contributed by atoms with Crippen LogP contribution in [0.25, 0.3) is 0 Å². The van der Waals surface area contributed by atoms with Crippen molar-refractivity contribution < 1.29 is 17.6 Å². The number of piperazine rings is 1. The molecule has 0 saturated carbocycles. The lowest BCUT2D eigenvalue weighted by Crippen LogP contribution is -2.52. The average molecular weight is 332 g/mol. The van der Waals surface area contributed by atoms with Crippen molar-refractivity contribution in [3.63, 3.8) is 0 Å². The summed E-state index contributed by atoms with van der Waals surface area (Å²) in [5.74, 6) is -0.982. The van der Waals surface area contributed by atoms with E-state index in [1.165, 1.54) is 16.4 Å². The molecule has 8 nitrogen and oxygen atoms in total. The average Bonchev–Trinajstić information content (AvgIpc) is 2.97. The number of sulfonamides is 1. The number of furan rings is 1. The fourth-order valence-corrected chi connectivity index (χ4v) is 3.52. The van der Waals surface area contributed by atoms with E-state index in [9.17, 15) is 13.2 Å². The van der Waals surface area contributed by atoms with Gasteiger partial charge < -0.3 is 20.4 Å². The highest BCUT2D eigenvalue weighted by Crippen LogP contribution is 2.20. The molecule has 2 heterocycles. The molecule has 1 fully saturated rings. The van der Waals surface area contributed by atoms with Gasteiger partial charge in [-0.3, -0.25) is 4.79 Å². The van der Waals surface area contributed by atoms with Crippen molar-refractivity contribution in [2.45, 2.75) is 5.09 Å². The third-order valence-corrected chi connectivity index (χ3v) is 5.39. The Morgan fingerprint density at radius 3 is 2.43 bits per heavy atom. The first kappa shape index (κ1) is 15.7. The van der Waals surface area contributed by atoms with E-state index < -0.39 is 15.9 Å². The first-order valence-electron chi connectivity index (χ1n) is 6.22. The number of carbonyl (C=O) groups is 1. The highest BCUT2D eigenvalue weighted by molar-refractivity contribution is 7.89. The Balaban J connectivity index is 2.11. The van der Waals surface area contributed by atoms with Gasteiger partial charge in [-0.2, -0.15) is 4.31 Å². The molecule has 0 aromatic carbocycles. The van der Waals surface area contributed by atoms with Crippen LogP contribution in [0.2, 0.25) is 0 Å². The minimum Gasteiger partial charge on any atom is -0.438 e. The van der Waals surface area contributed by atoms with Crippen molar-refractivity contribution in [1.82, 2.24) is 14.5 Å². The monoisotopic (exact) mass is 332 g/mol. The molecule has 0 bridgehead atoms. The molecular weight excluding hydrogens is 316 g/mol. The molecular formula is C11H16N4O4S2. The molecule has 1 aliphatic rings. The van der Waals surface area contributed by atoms with Crippen molar-refractivity contribution in [3.8, 4) is 0 Å². The lowest BCUT2D eigenvalue weighted by molar-refractivity contribution is 0.0968. The maximum Gasteiger partial charge on any atom is 0.284 e. The fourth-order valence-electron chi connectivity index (χ4n) is 2.01. The van der Waals surface area contributed by atoms with Crippen LogP contribution in [0, 0.1) is 0 Å². The summed E-state index contributed by atoms with van der Waals surface area (Å²) in [7, 11) is -2.04. The molecule has 1 aliphatic heterocycles. The Bertz CT molecular complexity index is 647. The third kappa shape index (κ3) is 3.17. The standard InChI is InChI=1S/C11H16N4O4S2/c1-13-11(20)14-4-6-15(7-5-14)21(17,18)9-3-2-8(19-9)10(12)16/h2-3H,4-7H2,1H3,(H2,12,16)(H,13,20). The molecule has 0 aliphatic carbocycles. The summed E-state index contributed by atoms with van der Waals surface area (Å²) in [6.07, 6.45) is 0. The van der Waals surface area contributed by atoms with E-state index in [-0.39, 0.29) is 23.9 Å². The highest BCUT2D eigenvalue weighted by atomic mass is 32.2. The van der Waals surface area contributed by atoms with Gasteiger partial charge in [0.25, 0.3) is 15.9 Å². The van der Waals surface area contributed by atoms with E-state index in [4.69, 9.17) is 22.4 Å². The fraction of sp³-hybridized carbons (Fsp3) is 0.455. The predicted molar refractivity (Wildman–Crippen MR) is 79.2 cm³/mol. The largest absolute Gasteiger partial charge is 0.438 e. The van der Waals surface area contributed by atoms with Gasteiger partial charge in [0.15, 0.2) is 10.9 Å². The highest BCUT2D eigenvalue weighted by Gasteiger charge is 2.31. The second-order valence-electron chi connectivity index (χ2n) is 4.43. The maximum absolute atomic E-state index is 12.4. The van der Waals surface area contributed by atoms with Crippen LogP contribution < -0.4 is 11.1 Å². The van der Waals surface area contributed by atoms with E-state index in [1.54, 1.807) is 7.05 Å². The summed E-state index contributed by atoms with van der Waals surface area (Å²) in [5.41, 5.74) is 5.05. The van der Waals surface area contributed by atoms with E-state index in [0.717, 1.165) is 0 Å².